The molecular weight excluding hydrogens is 625 g/mol. The lowest BCUT2D eigenvalue weighted by Gasteiger charge is -2.22. The van der Waals surface area contributed by atoms with Crippen molar-refractivity contribution in [2.24, 2.45) is 0 Å². The van der Waals surface area contributed by atoms with E-state index in [1.807, 2.05) is 24.3 Å². The number of benzene rings is 9. The minimum absolute atomic E-state index is 0.104. The van der Waals surface area contributed by atoms with Gasteiger partial charge < -0.3 is 15.3 Å². The van der Waals surface area contributed by atoms with Crippen LogP contribution in [0.15, 0.2) is 152 Å². The van der Waals surface area contributed by atoms with Crippen molar-refractivity contribution in [1.82, 2.24) is 0 Å². The number of hydrogen-bond donors (Lipinski definition) is 3. The summed E-state index contributed by atoms with van der Waals surface area (Å²) in [6.45, 7) is 3.34. The molecular formula is C48H34O3. The predicted octanol–water partition coefficient (Wildman–Crippen LogP) is 12.7. The van der Waals surface area contributed by atoms with Gasteiger partial charge in [-0.15, -0.1) is 0 Å². The Morgan fingerprint density at radius 3 is 1.35 bits per heavy atom. The molecule has 9 aromatic rings. The summed E-state index contributed by atoms with van der Waals surface area (Å²) < 4.78 is 0. The largest absolute Gasteiger partial charge is 0.507 e. The standard InChI is InChI=1S/C48H34O3/c1-28-46(49)29(2)48(51)45(47(28)50)44-40-19-9-7-17-38(40)43(39-18-8-10-20-41(39)44)42-27-34(26-33-13-4-6-16-37(33)42)30-22-24-32(25-23-30)36-21-11-14-31-12-3-5-15-35(31)36/h3-27,49-51H,1-2H3. The lowest BCUT2D eigenvalue weighted by molar-refractivity contribution is 0.420. The monoisotopic (exact) mass is 658 g/mol. The van der Waals surface area contributed by atoms with E-state index in [-0.39, 0.29) is 17.2 Å². The van der Waals surface area contributed by atoms with Crippen molar-refractivity contribution in [3.63, 3.8) is 0 Å². The number of rotatable bonds is 4. The molecule has 3 N–H and O–H groups in total. The van der Waals surface area contributed by atoms with Gasteiger partial charge in [-0.2, -0.15) is 0 Å². The van der Waals surface area contributed by atoms with Crippen LogP contribution in [0.25, 0.3) is 87.6 Å². The summed E-state index contributed by atoms with van der Waals surface area (Å²) in [5, 5.41) is 42.2. The van der Waals surface area contributed by atoms with Gasteiger partial charge in [-0.3, -0.25) is 0 Å². The molecule has 9 aromatic carbocycles. The summed E-state index contributed by atoms with van der Waals surface area (Å²) in [5.41, 5.74) is 8.55. The van der Waals surface area contributed by atoms with Crippen molar-refractivity contribution in [3.05, 3.63) is 163 Å². The van der Waals surface area contributed by atoms with Gasteiger partial charge in [0.25, 0.3) is 0 Å². The van der Waals surface area contributed by atoms with Crippen molar-refractivity contribution >= 4 is 43.1 Å². The average Bonchev–Trinajstić information content (AvgIpc) is 3.18. The van der Waals surface area contributed by atoms with Crippen LogP contribution in [0.1, 0.15) is 11.1 Å². The molecule has 0 amide bonds. The van der Waals surface area contributed by atoms with E-state index in [1.165, 1.54) is 21.9 Å². The van der Waals surface area contributed by atoms with Gasteiger partial charge in [0.1, 0.15) is 17.2 Å². The zero-order valence-corrected chi connectivity index (χ0v) is 28.3. The zero-order valence-electron chi connectivity index (χ0n) is 28.3. The van der Waals surface area contributed by atoms with Crippen LogP contribution in [-0.2, 0) is 0 Å². The third-order valence-electron chi connectivity index (χ3n) is 10.5. The van der Waals surface area contributed by atoms with Gasteiger partial charge in [0.2, 0.25) is 0 Å². The fourth-order valence-electron chi connectivity index (χ4n) is 7.92. The lowest BCUT2D eigenvalue weighted by Crippen LogP contribution is -1.95. The Kier molecular flexibility index (Phi) is 7.04. The van der Waals surface area contributed by atoms with Gasteiger partial charge in [-0.05, 0) is 102 Å². The highest BCUT2D eigenvalue weighted by Gasteiger charge is 2.25. The van der Waals surface area contributed by atoms with Crippen molar-refractivity contribution in [1.29, 1.82) is 0 Å². The molecule has 3 nitrogen and oxygen atoms in total. The smallest absolute Gasteiger partial charge is 0.133 e. The second-order valence-electron chi connectivity index (χ2n) is 13.4. The van der Waals surface area contributed by atoms with Crippen molar-refractivity contribution in [3.8, 4) is 61.8 Å². The van der Waals surface area contributed by atoms with Crippen LogP contribution >= 0.6 is 0 Å². The van der Waals surface area contributed by atoms with Crippen LogP contribution in [0.2, 0.25) is 0 Å². The minimum atomic E-state index is -0.127. The molecule has 0 fully saturated rings. The first-order chi connectivity index (χ1) is 24.9. The highest BCUT2D eigenvalue weighted by atomic mass is 16.3. The summed E-state index contributed by atoms with van der Waals surface area (Å²) in [7, 11) is 0. The Balaban J connectivity index is 1.30. The van der Waals surface area contributed by atoms with Crippen LogP contribution in [0, 0.1) is 13.8 Å². The fourth-order valence-corrected chi connectivity index (χ4v) is 7.92. The van der Waals surface area contributed by atoms with Gasteiger partial charge in [0.15, 0.2) is 0 Å². The molecule has 0 saturated carbocycles. The van der Waals surface area contributed by atoms with E-state index in [0.717, 1.165) is 60.1 Å². The van der Waals surface area contributed by atoms with Crippen LogP contribution in [0.3, 0.4) is 0 Å². The maximum absolute atomic E-state index is 11.5. The Morgan fingerprint density at radius 1 is 0.314 bits per heavy atom. The van der Waals surface area contributed by atoms with Gasteiger partial charge in [-0.25, -0.2) is 0 Å². The van der Waals surface area contributed by atoms with Crippen LogP contribution in [-0.4, -0.2) is 15.3 Å². The zero-order chi connectivity index (χ0) is 34.8. The highest BCUT2D eigenvalue weighted by Crippen LogP contribution is 2.53. The number of hydrogen-bond acceptors (Lipinski definition) is 3. The second-order valence-corrected chi connectivity index (χ2v) is 13.4. The first-order valence-electron chi connectivity index (χ1n) is 17.2. The van der Waals surface area contributed by atoms with Crippen molar-refractivity contribution in [2.75, 3.05) is 0 Å². The Labute approximate surface area is 295 Å². The fraction of sp³-hybridized carbons (Fsp3) is 0.0417. The topological polar surface area (TPSA) is 60.7 Å². The summed E-state index contributed by atoms with van der Waals surface area (Å²) in [6.07, 6.45) is 0. The van der Waals surface area contributed by atoms with E-state index in [9.17, 15) is 15.3 Å². The van der Waals surface area contributed by atoms with E-state index in [4.69, 9.17) is 0 Å². The van der Waals surface area contributed by atoms with E-state index in [1.54, 1.807) is 13.8 Å². The maximum Gasteiger partial charge on any atom is 0.133 e. The minimum Gasteiger partial charge on any atom is -0.507 e. The van der Waals surface area contributed by atoms with Gasteiger partial charge in [0, 0.05) is 16.7 Å². The van der Waals surface area contributed by atoms with E-state index in [2.05, 4.69) is 127 Å². The first kappa shape index (κ1) is 30.5. The highest BCUT2D eigenvalue weighted by molar-refractivity contribution is 6.24. The number of fused-ring (bicyclic) bond motifs is 4. The Hall–Kier alpha value is -6.58. The van der Waals surface area contributed by atoms with Crippen LogP contribution < -0.4 is 0 Å². The SMILES string of the molecule is Cc1c(O)c(C)c(O)c(-c2c3ccccc3c(-c3cc(-c4ccc(-c5cccc6ccccc56)cc4)cc4ccccc34)c3ccccc23)c1O. The Bertz CT molecular complexity index is 2760. The molecule has 0 spiro atoms. The van der Waals surface area contributed by atoms with E-state index in [0.29, 0.717) is 16.7 Å². The predicted molar refractivity (Wildman–Crippen MR) is 213 cm³/mol. The van der Waals surface area contributed by atoms with Gasteiger partial charge in [0.05, 0.1) is 5.56 Å². The lowest BCUT2D eigenvalue weighted by atomic mass is 9.82. The van der Waals surface area contributed by atoms with Crippen molar-refractivity contribution in [2.45, 2.75) is 13.8 Å². The number of phenolic OH excluding ortho intramolecular Hbond substituents is 3. The second kappa shape index (κ2) is 11.8. The molecule has 0 aromatic heterocycles. The van der Waals surface area contributed by atoms with Crippen molar-refractivity contribution < 1.29 is 15.3 Å². The molecule has 3 heteroatoms. The third kappa shape index (κ3) is 4.74. The van der Waals surface area contributed by atoms with E-state index < -0.39 is 0 Å². The Morgan fingerprint density at radius 2 is 0.765 bits per heavy atom. The summed E-state index contributed by atoms with van der Waals surface area (Å²) >= 11 is 0. The summed E-state index contributed by atoms with van der Waals surface area (Å²) in [5.74, 6) is -0.358. The quantitative estimate of drug-likeness (QED) is 0.165. The molecule has 0 atom stereocenters. The molecule has 0 saturated heterocycles. The van der Waals surface area contributed by atoms with Crippen LogP contribution in [0.4, 0.5) is 0 Å². The number of phenols is 3. The molecule has 0 heterocycles. The molecule has 0 aliphatic rings. The number of aromatic hydroxyl groups is 3. The molecule has 0 unspecified atom stereocenters. The average molecular weight is 659 g/mol. The molecule has 0 aliphatic carbocycles. The molecule has 0 aliphatic heterocycles. The van der Waals surface area contributed by atoms with E-state index >= 15 is 0 Å². The summed E-state index contributed by atoms with van der Waals surface area (Å²) in [6, 6.07) is 53.3. The maximum atomic E-state index is 11.5. The first-order valence-corrected chi connectivity index (χ1v) is 17.2. The van der Waals surface area contributed by atoms with Gasteiger partial charge in [-0.1, -0.05) is 140 Å². The molecule has 0 bridgehead atoms. The summed E-state index contributed by atoms with van der Waals surface area (Å²) in [4.78, 5) is 0. The normalized spacial score (nSPS) is 11.6. The molecule has 9 rings (SSSR count). The molecule has 51 heavy (non-hydrogen) atoms. The molecule has 0 radical (unpaired) electrons. The van der Waals surface area contributed by atoms with Gasteiger partial charge >= 0.3 is 0 Å². The molecule has 244 valence electrons. The third-order valence-corrected chi connectivity index (χ3v) is 10.5. The van der Waals surface area contributed by atoms with Crippen LogP contribution in [0.5, 0.6) is 17.2 Å².